The molecule has 1 saturated heterocycles. The normalized spacial score (nSPS) is 17.9. The molecular weight excluding hydrogens is 400 g/mol. The van der Waals surface area contributed by atoms with Crippen molar-refractivity contribution >= 4 is 33.2 Å². The van der Waals surface area contributed by atoms with Gasteiger partial charge in [-0.1, -0.05) is 30.2 Å². The van der Waals surface area contributed by atoms with Crippen LogP contribution in [0.15, 0.2) is 47.4 Å². The predicted octanol–water partition coefficient (Wildman–Crippen LogP) is 4.16. The lowest BCUT2D eigenvalue weighted by Crippen LogP contribution is -2.42. The van der Waals surface area contributed by atoms with E-state index in [2.05, 4.69) is 5.32 Å². The number of hydrogen-bond donors (Lipinski definition) is 1. The number of nitrogens with one attached hydrogen (secondary N) is 1. The Bertz CT molecular complexity index is 978. The molecule has 0 radical (unpaired) electrons. The van der Waals surface area contributed by atoms with Crippen molar-refractivity contribution in [2.45, 2.75) is 37.1 Å². The van der Waals surface area contributed by atoms with E-state index in [9.17, 15) is 13.2 Å². The number of methoxy groups -OCH3 is 1. The van der Waals surface area contributed by atoms with Crippen molar-refractivity contribution in [1.82, 2.24) is 4.31 Å². The molecule has 2 aromatic rings. The monoisotopic (exact) mass is 422 g/mol. The smallest absolute Gasteiger partial charge is 0.255 e. The van der Waals surface area contributed by atoms with Crippen molar-refractivity contribution < 1.29 is 17.9 Å². The summed E-state index contributed by atoms with van der Waals surface area (Å²) in [5, 5.41) is 3.11. The number of amides is 1. The molecule has 0 aliphatic carbocycles. The SMILES string of the molecule is COc1ccc(C(=O)Nc2ccccc2Cl)cc1S(=O)(=O)N1CCCC[C@@H]1C. The number of piperidine rings is 1. The molecule has 0 bridgehead atoms. The standard InChI is InChI=1S/C20H23ClN2O4S/c1-14-7-5-6-12-23(14)28(25,26)19-13-15(10-11-18(19)27-2)20(24)22-17-9-4-3-8-16(17)21/h3-4,8-11,13-14H,5-7,12H2,1-2H3,(H,22,24)/t14-/m0/s1. The number of rotatable bonds is 5. The summed E-state index contributed by atoms with van der Waals surface area (Å²) in [5.41, 5.74) is 0.669. The summed E-state index contributed by atoms with van der Waals surface area (Å²) < 4.78 is 33.3. The van der Waals surface area contributed by atoms with Crippen LogP contribution in [0.25, 0.3) is 0 Å². The lowest BCUT2D eigenvalue weighted by atomic mass is 10.1. The second kappa shape index (κ2) is 8.51. The van der Waals surface area contributed by atoms with Crippen LogP contribution in [0.2, 0.25) is 5.02 Å². The van der Waals surface area contributed by atoms with Gasteiger partial charge in [-0.15, -0.1) is 0 Å². The lowest BCUT2D eigenvalue weighted by Gasteiger charge is -2.32. The molecule has 0 unspecified atom stereocenters. The third kappa shape index (κ3) is 4.16. The summed E-state index contributed by atoms with van der Waals surface area (Å²) in [4.78, 5) is 12.7. The minimum Gasteiger partial charge on any atom is -0.495 e. The second-order valence-electron chi connectivity index (χ2n) is 6.76. The average Bonchev–Trinajstić information content (AvgIpc) is 2.69. The summed E-state index contributed by atoms with van der Waals surface area (Å²) in [6, 6.07) is 11.2. The van der Waals surface area contributed by atoms with Gasteiger partial charge in [-0.25, -0.2) is 8.42 Å². The summed E-state index contributed by atoms with van der Waals surface area (Å²) in [6.07, 6.45) is 2.64. The quantitative estimate of drug-likeness (QED) is 0.784. The fourth-order valence-electron chi connectivity index (χ4n) is 3.33. The Hall–Kier alpha value is -2.09. The first kappa shape index (κ1) is 20.6. The van der Waals surface area contributed by atoms with Gasteiger partial charge in [-0.3, -0.25) is 4.79 Å². The highest BCUT2D eigenvalue weighted by Gasteiger charge is 2.33. The Morgan fingerprint density at radius 1 is 1.21 bits per heavy atom. The number of nitrogens with zero attached hydrogens (tertiary/aromatic N) is 1. The van der Waals surface area contributed by atoms with Crippen molar-refractivity contribution in [3.8, 4) is 5.75 Å². The first-order valence-electron chi connectivity index (χ1n) is 9.10. The van der Waals surface area contributed by atoms with Crippen LogP contribution in [-0.2, 0) is 10.0 Å². The van der Waals surface area contributed by atoms with Gasteiger partial charge in [-0.2, -0.15) is 4.31 Å². The van der Waals surface area contributed by atoms with Crippen LogP contribution in [0, 0.1) is 0 Å². The van der Waals surface area contributed by atoms with Gasteiger partial charge >= 0.3 is 0 Å². The molecule has 1 amide bonds. The lowest BCUT2D eigenvalue weighted by molar-refractivity contribution is 0.102. The zero-order valence-corrected chi connectivity index (χ0v) is 17.4. The van der Waals surface area contributed by atoms with E-state index < -0.39 is 15.9 Å². The van der Waals surface area contributed by atoms with Gasteiger partial charge in [0.25, 0.3) is 5.91 Å². The highest BCUT2D eigenvalue weighted by atomic mass is 35.5. The molecule has 150 valence electrons. The highest BCUT2D eigenvalue weighted by Crippen LogP contribution is 2.32. The maximum atomic E-state index is 13.3. The van der Waals surface area contributed by atoms with Gasteiger partial charge in [0.1, 0.15) is 10.6 Å². The van der Waals surface area contributed by atoms with Crippen LogP contribution in [0.3, 0.4) is 0 Å². The van der Waals surface area contributed by atoms with Crippen molar-refractivity contribution in [1.29, 1.82) is 0 Å². The van der Waals surface area contributed by atoms with Crippen LogP contribution in [0.1, 0.15) is 36.5 Å². The Morgan fingerprint density at radius 3 is 2.64 bits per heavy atom. The Balaban J connectivity index is 1.96. The highest BCUT2D eigenvalue weighted by molar-refractivity contribution is 7.89. The molecule has 28 heavy (non-hydrogen) atoms. The van der Waals surface area contributed by atoms with Gasteiger partial charge in [0.05, 0.1) is 17.8 Å². The summed E-state index contributed by atoms with van der Waals surface area (Å²) >= 11 is 6.09. The fraction of sp³-hybridized carbons (Fsp3) is 0.350. The van der Waals surface area contributed by atoms with E-state index in [1.54, 1.807) is 24.3 Å². The third-order valence-electron chi connectivity index (χ3n) is 4.88. The van der Waals surface area contributed by atoms with Gasteiger partial charge in [0.15, 0.2) is 0 Å². The molecule has 3 rings (SSSR count). The van der Waals surface area contributed by atoms with E-state index in [0.29, 0.717) is 17.3 Å². The molecular formula is C20H23ClN2O4S. The van der Waals surface area contributed by atoms with Crippen LogP contribution >= 0.6 is 11.6 Å². The number of para-hydroxylation sites is 1. The van der Waals surface area contributed by atoms with E-state index in [-0.39, 0.29) is 22.3 Å². The van der Waals surface area contributed by atoms with Crippen molar-refractivity contribution in [3.63, 3.8) is 0 Å². The number of ether oxygens (including phenoxy) is 1. The van der Waals surface area contributed by atoms with E-state index in [1.807, 2.05) is 6.92 Å². The zero-order valence-electron chi connectivity index (χ0n) is 15.8. The van der Waals surface area contributed by atoms with Crippen molar-refractivity contribution in [2.75, 3.05) is 19.0 Å². The molecule has 1 aliphatic rings. The van der Waals surface area contributed by atoms with E-state index in [1.165, 1.54) is 29.6 Å². The largest absolute Gasteiger partial charge is 0.495 e. The minimum absolute atomic E-state index is 0.00411. The molecule has 1 atom stereocenters. The maximum absolute atomic E-state index is 13.3. The first-order chi connectivity index (χ1) is 13.3. The number of benzene rings is 2. The van der Waals surface area contributed by atoms with Crippen LogP contribution in [0.5, 0.6) is 5.75 Å². The molecule has 1 N–H and O–H groups in total. The third-order valence-corrected chi connectivity index (χ3v) is 7.24. The van der Waals surface area contributed by atoms with Gasteiger partial charge in [0, 0.05) is 18.2 Å². The van der Waals surface area contributed by atoms with Gasteiger partial charge < -0.3 is 10.1 Å². The van der Waals surface area contributed by atoms with Crippen LogP contribution < -0.4 is 10.1 Å². The first-order valence-corrected chi connectivity index (χ1v) is 10.9. The predicted molar refractivity (Wildman–Crippen MR) is 110 cm³/mol. The van der Waals surface area contributed by atoms with E-state index in [4.69, 9.17) is 16.3 Å². The summed E-state index contributed by atoms with van der Waals surface area (Å²) in [6.45, 7) is 2.36. The zero-order chi connectivity index (χ0) is 20.3. The molecule has 8 heteroatoms. The number of carbonyl (C=O) groups is 1. The molecule has 2 aromatic carbocycles. The number of anilines is 1. The number of carbonyl (C=O) groups excluding carboxylic acids is 1. The van der Waals surface area contributed by atoms with Gasteiger partial charge in [-0.05, 0) is 50.1 Å². The molecule has 0 saturated carbocycles. The van der Waals surface area contributed by atoms with Crippen molar-refractivity contribution in [3.05, 3.63) is 53.1 Å². The van der Waals surface area contributed by atoms with Gasteiger partial charge in [0.2, 0.25) is 10.0 Å². The second-order valence-corrected chi connectivity index (χ2v) is 9.03. The fourth-order valence-corrected chi connectivity index (χ4v) is 5.40. The topological polar surface area (TPSA) is 75.7 Å². The van der Waals surface area contributed by atoms with Crippen molar-refractivity contribution in [2.24, 2.45) is 0 Å². The van der Waals surface area contributed by atoms with Crippen LogP contribution in [-0.4, -0.2) is 38.3 Å². The Kier molecular flexibility index (Phi) is 6.27. The number of sulfonamides is 1. The maximum Gasteiger partial charge on any atom is 0.255 e. The number of hydrogen-bond acceptors (Lipinski definition) is 4. The molecule has 0 spiro atoms. The molecule has 6 nitrogen and oxygen atoms in total. The van der Waals surface area contributed by atoms with Crippen LogP contribution in [0.4, 0.5) is 5.69 Å². The molecule has 1 fully saturated rings. The Labute approximate surface area is 170 Å². The molecule has 0 aromatic heterocycles. The van der Waals surface area contributed by atoms with E-state index in [0.717, 1.165) is 19.3 Å². The Morgan fingerprint density at radius 2 is 1.96 bits per heavy atom. The summed E-state index contributed by atoms with van der Waals surface area (Å²) in [5.74, 6) is -0.231. The minimum atomic E-state index is -3.79. The average molecular weight is 423 g/mol. The van der Waals surface area contributed by atoms with E-state index >= 15 is 0 Å². The molecule has 1 aliphatic heterocycles. The summed E-state index contributed by atoms with van der Waals surface area (Å²) in [7, 11) is -2.37. The number of halogens is 1. The molecule has 1 heterocycles.